The topological polar surface area (TPSA) is 97.0 Å². The molecule has 8 nitrogen and oxygen atoms in total. The zero-order valence-corrected chi connectivity index (χ0v) is 24.6. The third kappa shape index (κ3) is 4.76. The standard InChI is InChI=1S/C32H35ClFN3O5/c1-17-6-4-9-24(18(17)2)36-30(39)28-32-13-12-25(42-32)26(29(38)35-20-10-11-23(34)22(33)15-20)27(32)31(40)37(28)16-19-7-5-8-21(14-19)41-3/h5,7-8,10-15,17-18,24-28H,4,6,9,16H2,1-3H3,(H,35,38)(H,36,39). The van der Waals surface area contributed by atoms with Crippen LogP contribution in [0.5, 0.6) is 5.75 Å². The van der Waals surface area contributed by atoms with Crippen molar-refractivity contribution >= 4 is 35.0 Å². The molecule has 1 aliphatic carbocycles. The van der Waals surface area contributed by atoms with Crippen molar-refractivity contribution in [3.8, 4) is 5.75 Å². The number of nitrogens with zero attached hydrogens (tertiary/aromatic N) is 1. The van der Waals surface area contributed by atoms with E-state index in [1.807, 2.05) is 24.3 Å². The van der Waals surface area contributed by atoms with Crippen molar-refractivity contribution in [3.05, 3.63) is 71.0 Å². The van der Waals surface area contributed by atoms with Gasteiger partial charge in [0.2, 0.25) is 17.7 Å². The molecule has 222 valence electrons. The van der Waals surface area contributed by atoms with Gasteiger partial charge in [0.05, 0.1) is 30.1 Å². The second-order valence-electron chi connectivity index (χ2n) is 12.0. The quantitative estimate of drug-likeness (QED) is 0.452. The van der Waals surface area contributed by atoms with Crippen LogP contribution in [0.25, 0.3) is 0 Å². The Labute approximate surface area is 249 Å². The summed E-state index contributed by atoms with van der Waals surface area (Å²) < 4.78 is 25.5. The number of rotatable bonds is 7. The molecule has 0 aromatic heterocycles. The van der Waals surface area contributed by atoms with Crippen LogP contribution in [0.4, 0.5) is 10.1 Å². The van der Waals surface area contributed by atoms with Gasteiger partial charge in [-0.1, -0.05) is 62.6 Å². The third-order valence-corrected chi connectivity index (χ3v) is 9.92. The van der Waals surface area contributed by atoms with Crippen LogP contribution in [0.2, 0.25) is 5.02 Å². The van der Waals surface area contributed by atoms with Crippen LogP contribution < -0.4 is 15.4 Å². The number of methoxy groups -OCH3 is 1. The van der Waals surface area contributed by atoms with Crippen LogP contribution in [-0.4, -0.2) is 53.5 Å². The number of carbonyl (C=O) groups excluding carboxylic acids is 3. The lowest BCUT2D eigenvalue weighted by Crippen LogP contribution is -2.57. The molecule has 2 aromatic rings. The highest BCUT2D eigenvalue weighted by molar-refractivity contribution is 6.31. The smallest absolute Gasteiger partial charge is 0.246 e. The molecule has 3 heterocycles. The molecular formula is C32H35ClFN3O5. The number of hydrogen-bond acceptors (Lipinski definition) is 5. The number of hydrogen-bond donors (Lipinski definition) is 2. The average molecular weight is 596 g/mol. The molecule has 42 heavy (non-hydrogen) atoms. The molecule has 2 saturated heterocycles. The number of amides is 3. The molecule has 10 heteroatoms. The van der Waals surface area contributed by atoms with Crippen molar-refractivity contribution in [2.24, 2.45) is 23.7 Å². The highest BCUT2D eigenvalue weighted by Gasteiger charge is 2.72. The third-order valence-electron chi connectivity index (χ3n) is 9.63. The fourth-order valence-electron chi connectivity index (χ4n) is 7.25. The Kier molecular flexibility index (Phi) is 7.51. The Bertz CT molecular complexity index is 1450. The zero-order valence-electron chi connectivity index (χ0n) is 23.8. The first-order chi connectivity index (χ1) is 20.1. The SMILES string of the molecule is COc1cccc(CN2C(=O)C3C(C(=O)Nc4ccc(F)c(Cl)c4)C4C=CC3(O4)C2C(=O)NC2CCCC(C)C2C)c1. The average Bonchev–Trinajstić information content (AvgIpc) is 3.61. The maximum absolute atomic E-state index is 14.3. The van der Waals surface area contributed by atoms with Crippen LogP contribution in [0.1, 0.15) is 38.7 Å². The van der Waals surface area contributed by atoms with Gasteiger partial charge in [-0.3, -0.25) is 14.4 Å². The van der Waals surface area contributed by atoms with Gasteiger partial charge in [0.15, 0.2) is 0 Å². The fraction of sp³-hybridized carbons (Fsp3) is 0.469. The van der Waals surface area contributed by atoms with E-state index in [-0.39, 0.29) is 35.3 Å². The Hall–Kier alpha value is -3.43. The maximum atomic E-state index is 14.3. The van der Waals surface area contributed by atoms with Gasteiger partial charge in [0, 0.05) is 18.3 Å². The lowest BCUT2D eigenvalue weighted by atomic mass is 9.73. The van der Waals surface area contributed by atoms with Crippen molar-refractivity contribution in [2.45, 2.75) is 63.4 Å². The van der Waals surface area contributed by atoms with E-state index in [1.54, 1.807) is 24.2 Å². The molecule has 2 bridgehead atoms. The molecule has 8 atom stereocenters. The van der Waals surface area contributed by atoms with Crippen molar-refractivity contribution < 1.29 is 28.2 Å². The van der Waals surface area contributed by atoms with Gasteiger partial charge in [-0.05, 0) is 54.2 Å². The van der Waals surface area contributed by atoms with Crippen molar-refractivity contribution in [2.75, 3.05) is 12.4 Å². The Morgan fingerprint density at radius 1 is 1.17 bits per heavy atom. The summed E-state index contributed by atoms with van der Waals surface area (Å²) in [4.78, 5) is 43.7. The largest absolute Gasteiger partial charge is 0.497 e. The van der Waals surface area contributed by atoms with Crippen LogP contribution in [0.15, 0.2) is 54.6 Å². The molecule has 1 saturated carbocycles. The molecule has 3 amide bonds. The summed E-state index contributed by atoms with van der Waals surface area (Å²) in [6.45, 7) is 4.50. The number of carbonyl (C=O) groups is 3. The molecule has 1 spiro atoms. The van der Waals surface area contributed by atoms with E-state index in [4.69, 9.17) is 21.1 Å². The fourth-order valence-corrected chi connectivity index (χ4v) is 7.43. The van der Waals surface area contributed by atoms with Gasteiger partial charge in [0.25, 0.3) is 0 Å². The van der Waals surface area contributed by atoms with E-state index in [2.05, 4.69) is 24.5 Å². The maximum Gasteiger partial charge on any atom is 0.246 e. The van der Waals surface area contributed by atoms with Gasteiger partial charge >= 0.3 is 0 Å². The molecule has 2 N–H and O–H groups in total. The lowest BCUT2D eigenvalue weighted by molar-refractivity contribution is -0.142. The Morgan fingerprint density at radius 3 is 2.74 bits per heavy atom. The molecule has 4 aliphatic rings. The van der Waals surface area contributed by atoms with Gasteiger partial charge in [0.1, 0.15) is 23.2 Å². The minimum absolute atomic E-state index is 0.0182. The van der Waals surface area contributed by atoms with Gasteiger partial charge in [-0.15, -0.1) is 0 Å². The van der Waals surface area contributed by atoms with E-state index in [9.17, 15) is 18.8 Å². The van der Waals surface area contributed by atoms with Crippen molar-refractivity contribution in [3.63, 3.8) is 0 Å². The Morgan fingerprint density at radius 2 is 1.98 bits per heavy atom. The van der Waals surface area contributed by atoms with E-state index in [0.29, 0.717) is 17.4 Å². The van der Waals surface area contributed by atoms with E-state index in [1.165, 1.54) is 18.2 Å². The number of halogens is 2. The zero-order chi connectivity index (χ0) is 29.8. The second kappa shape index (κ2) is 11.0. The van der Waals surface area contributed by atoms with E-state index >= 15 is 0 Å². The molecule has 6 rings (SSSR count). The highest BCUT2D eigenvalue weighted by Crippen LogP contribution is 2.55. The molecular weight excluding hydrogens is 561 g/mol. The normalized spacial score (nSPS) is 33.0. The molecule has 0 radical (unpaired) electrons. The second-order valence-corrected chi connectivity index (χ2v) is 12.4. The summed E-state index contributed by atoms with van der Waals surface area (Å²) in [6.07, 6.45) is 5.89. The van der Waals surface area contributed by atoms with Crippen LogP contribution in [0, 0.1) is 29.5 Å². The van der Waals surface area contributed by atoms with Crippen LogP contribution >= 0.6 is 11.6 Å². The molecule has 2 aromatic carbocycles. The van der Waals surface area contributed by atoms with Gasteiger partial charge in [-0.25, -0.2) is 4.39 Å². The number of nitrogens with one attached hydrogen (secondary N) is 2. The summed E-state index contributed by atoms with van der Waals surface area (Å²) in [7, 11) is 1.57. The number of ether oxygens (including phenoxy) is 2. The summed E-state index contributed by atoms with van der Waals surface area (Å²) in [5.74, 6) is -2.06. The van der Waals surface area contributed by atoms with Gasteiger partial charge < -0.3 is 25.0 Å². The summed E-state index contributed by atoms with van der Waals surface area (Å²) in [5.41, 5.74) is -0.200. The Balaban J connectivity index is 1.33. The molecule has 3 fully saturated rings. The first-order valence-corrected chi connectivity index (χ1v) is 14.9. The summed E-state index contributed by atoms with van der Waals surface area (Å²) in [5, 5.41) is 5.91. The number of likely N-dealkylation sites (tertiary alicyclic amines) is 1. The first kappa shape index (κ1) is 28.7. The molecule has 8 unspecified atom stereocenters. The van der Waals surface area contributed by atoms with Crippen LogP contribution in [-0.2, 0) is 25.7 Å². The highest BCUT2D eigenvalue weighted by atomic mass is 35.5. The summed E-state index contributed by atoms with van der Waals surface area (Å²) in [6, 6.07) is 10.3. The molecule has 3 aliphatic heterocycles. The monoisotopic (exact) mass is 595 g/mol. The minimum atomic E-state index is -1.29. The van der Waals surface area contributed by atoms with Crippen molar-refractivity contribution in [1.82, 2.24) is 10.2 Å². The summed E-state index contributed by atoms with van der Waals surface area (Å²) >= 11 is 5.93. The predicted molar refractivity (Wildman–Crippen MR) is 155 cm³/mol. The number of anilines is 1. The number of benzene rings is 2. The minimum Gasteiger partial charge on any atom is -0.497 e. The lowest BCUT2D eigenvalue weighted by Gasteiger charge is -2.38. The first-order valence-electron chi connectivity index (χ1n) is 14.5. The van der Waals surface area contributed by atoms with Crippen LogP contribution in [0.3, 0.4) is 0 Å². The number of fused-ring (bicyclic) bond motifs is 1. The predicted octanol–water partition coefficient (Wildman–Crippen LogP) is 4.72. The van der Waals surface area contributed by atoms with E-state index < -0.39 is 41.3 Å². The van der Waals surface area contributed by atoms with E-state index in [0.717, 1.165) is 24.8 Å². The van der Waals surface area contributed by atoms with Gasteiger partial charge in [-0.2, -0.15) is 0 Å². The van der Waals surface area contributed by atoms with Crippen molar-refractivity contribution in [1.29, 1.82) is 0 Å².